The Morgan fingerprint density at radius 2 is 2.12 bits per heavy atom. The van der Waals surface area contributed by atoms with Crippen LogP contribution in [0.1, 0.15) is 49.7 Å². The summed E-state index contributed by atoms with van der Waals surface area (Å²) in [4.78, 5) is 0. The largest absolute Gasteiger partial charge is 0.312 e. The van der Waals surface area contributed by atoms with Crippen molar-refractivity contribution in [3.63, 3.8) is 0 Å². The van der Waals surface area contributed by atoms with Crippen LogP contribution >= 0.6 is 0 Å². The van der Waals surface area contributed by atoms with Crippen LogP contribution in [0.5, 0.6) is 0 Å². The van der Waals surface area contributed by atoms with Crippen molar-refractivity contribution in [2.75, 3.05) is 6.54 Å². The molecule has 0 amide bonds. The quantitative estimate of drug-likeness (QED) is 0.827. The average Bonchev–Trinajstić information content (AvgIpc) is 3.02. The second kappa shape index (κ2) is 4.58. The number of hydrogen-bond donors (Lipinski definition) is 1. The van der Waals surface area contributed by atoms with Crippen molar-refractivity contribution in [2.24, 2.45) is 0 Å². The van der Waals surface area contributed by atoms with Crippen molar-refractivity contribution >= 4 is 0 Å². The Morgan fingerprint density at radius 1 is 1.44 bits per heavy atom. The molecule has 16 heavy (non-hydrogen) atoms. The van der Waals surface area contributed by atoms with Crippen LogP contribution in [-0.2, 0) is 6.42 Å². The molecule has 0 aliphatic heterocycles. The van der Waals surface area contributed by atoms with Gasteiger partial charge in [0.2, 0.25) is 0 Å². The Hall–Kier alpha value is -0.830. The van der Waals surface area contributed by atoms with Gasteiger partial charge in [0.15, 0.2) is 0 Å². The highest BCUT2D eigenvalue weighted by Gasteiger charge is 2.22. The van der Waals surface area contributed by atoms with Gasteiger partial charge in [0.05, 0.1) is 11.7 Å². The fourth-order valence-corrected chi connectivity index (χ4v) is 2.35. The zero-order valence-corrected chi connectivity index (χ0v) is 10.9. The van der Waals surface area contributed by atoms with E-state index in [1.54, 1.807) is 0 Å². The van der Waals surface area contributed by atoms with E-state index in [0.29, 0.717) is 6.04 Å². The first-order chi connectivity index (χ1) is 7.63. The van der Waals surface area contributed by atoms with E-state index in [9.17, 15) is 0 Å². The molecule has 1 heterocycles. The van der Waals surface area contributed by atoms with Crippen LogP contribution in [0.2, 0.25) is 0 Å². The van der Waals surface area contributed by atoms with Crippen molar-refractivity contribution in [1.82, 2.24) is 15.1 Å². The standard InChI is InChI=1S/C13H23N3/c1-5-13-10(3)15-16(11(13)4)9(2)8-14-12-6-7-12/h9,12,14H,5-8H2,1-4H3. The lowest BCUT2D eigenvalue weighted by Gasteiger charge is -2.15. The van der Waals surface area contributed by atoms with Gasteiger partial charge in [-0.3, -0.25) is 4.68 Å². The number of aryl methyl sites for hydroxylation is 1. The zero-order valence-electron chi connectivity index (χ0n) is 10.9. The van der Waals surface area contributed by atoms with Gasteiger partial charge < -0.3 is 5.32 Å². The minimum absolute atomic E-state index is 0.458. The monoisotopic (exact) mass is 221 g/mol. The van der Waals surface area contributed by atoms with E-state index in [1.807, 2.05) is 0 Å². The first-order valence-electron chi connectivity index (χ1n) is 6.41. The molecule has 0 spiro atoms. The zero-order chi connectivity index (χ0) is 11.7. The summed E-state index contributed by atoms with van der Waals surface area (Å²) >= 11 is 0. The highest BCUT2D eigenvalue weighted by atomic mass is 15.3. The van der Waals surface area contributed by atoms with Crippen molar-refractivity contribution in [1.29, 1.82) is 0 Å². The summed E-state index contributed by atoms with van der Waals surface area (Å²) in [5, 5.41) is 8.22. The number of nitrogens with zero attached hydrogens (tertiary/aromatic N) is 2. The molecule has 0 saturated heterocycles. The molecule has 1 aliphatic carbocycles. The fraction of sp³-hybridized carbons (Fsp3) is 0.769. The van der Waals surface area contributed by atoms with Gasteiger partial charge in [-0.05, 0) is 45.6 Å². The summed E-state index contributed by atoms with van der Waals surface area (Å²) < 4.78 is 2.18. The van der Waals surface area contributed by atoms with Crippen molar-refractivity contribution in [3.8, 4) is 0 Å². The second-order valence-electron chi connectivity index (χ2n) is 4.98. The fourth-order valence-electron chi connectivity index (χ4n) is 2.35. The molecule has 3 heteroatoms. The lowest BCUT2D eigenvalue weighted by Crippen LogP contribution is -2.26. The summed E-state index contributed by atoms with van der Waals surface area (Å²) in [6, 6.07) is 1.24. The molecule has 0 radical (unpaired) electrons. The van der Waals surface area contributed by atoms with Crippen LogP contribution < -0.4 is 5.32 Å². The Labute approximate surface area is 98.2 Å². The molecule has 90 valence electrons. The summed E-state index contributed by atoms with van der Waals surface area (Å²) in [7, 11) is 0. The number of rotatable bonds is 5. The predicted molar refractivity (Wildman–Crippen MR) is 66.8 cm³/mol. The van der Waals surface area contributed by atoms with E-state index < -0.39 is 0 Å². The molecule has 1 atom stereocenters. The third kappa shape index (κ3) is 2.29. The molecule has 1 fully saturated rings. The van der Waals surface area contributed by atoms with E-state index >= 15 is 0 Å². The molecule has 3 nitrogen and oxygen atoms in total. The highest BCUT2D eigenvalue weighted by Crippen LogP contribution is 2.21. The highest BCUT2D eigenvalue weighted by molar-refractivity contribution is 5.24. The molecular weight excluding hydrogens is 198 g/mol. The smallest absolute Gasteiger partial charge is 0.0628 e. The van der Waals surface area contributed by atoms with Gasteiger partial charge in [-0.1, -0.05) is 6.92 Å². The third-order valence-corrected chi connectivity index (χ3v) is 3.53. The summed E-state index contributed by atoms with van der Waals surface area (Å²) in [5.41, 5.74) is 3.95. The number of aromatic nitrogens is 2. The average molecular weight is 221 g/mol. The van der Waals surface area contributed by atoms with Crippen LogP contribution in [0.4, 0.5) is 0 Å². The molecule has 1 aliphatic rings. The second-order valence-corrected chi connectivity index (χ2v) is 4.98. The maximum Gasteiger partial charge on any atom is 0.0628 e. The summed E-state index contributed by atoms with van der Waals surface area (Å²) in [5.74, 6) is 0. The molecule has 0 aromatic carbocycles. The molecule has 2 rings (SSSR count). The minimum atomic E-state index is 0.458. The van der Waals surface area contributed by atoms with Gasteiger partial charge in [0, 0.05) is 18.3 Å². The first-order valence-corrected chi connectivity index (χ1v) is 6.41. The van der Waals surface area contributed by atoms with E-state index in [4.69, 9.17) is 0 Å². The maximum absolute atomic E-state index is 4.66. The molecule has 1 saturated carbocycles. The molecular formula is C13H23N3. The Kier molecular flexibility index (Phi) is 3.33. The Balaban J connectivity index is 2.05. The van der Waals surface area contributed by atoms with Gasteiger partial charge >= 0.3 is 0 Å². The van der Waals surface area contributed by atoms with Gasteiger partial charge in [-0.2, -0.15) is 5.10 Å². The van der Waals surface area contributed by atoms with Crippen LogP contribution in [0.15, 0.2) is 0 Å². The topological polar surface area (TPSA) is 29.9 Å². The van der Waals surface area contributed by atoms with E-state index in [0.717, 1.165) is 19.0 Å². The van der Waals surface area contributed by atoms with Gasteiger partial charge in [-0.15, -0.1) is 0 Å². The molecule has 1 N–H and O–H groups in total. The predicted octanol–water partition coefficient (Wildman–Crippen LogP) is 2.38. The Morgan fingerprint density at radius 3 is 2.62 bits per heavy atom. The molecule has 0 bridgehead atoms. The van der Waals surface area contributed by atoms with Crippen molar-refractivity contribution in [3.05, 3.63) is 17.0 Å². The van der Waals surface area contributed by atoms with E-state index in [-0.39, 0.29) is 0 Å². The van der Waals surface area contributed by atoms with Crippen molar-refractivity contribution in [2.45, 2.75) is 59.0 Å². The van der Waals surface area contributed by atoms with Gasteiger partial charge in [0.25, 0.3) is 0 Å². The van der Waals surface area contributed by atoms with Crippen LogP contribution in [0.3, 0.4) is 0 Å². The Bertz CT molecular complexity index is 363. The first kappa shape index (κ1) is 11.6. The van der Waals surface area contributed by atoms with Crippen LogP contribution in [-0.4, -0.2) is 22.4 Å². The van der Waals surface area contributed by atoms with Crippen LogP contribution in [0.25, 0.3) is 0 Å². The normalized spacial score (nSPS) is 17.8. The molecule has 1 aromatic rings. The molecule has 1 aromatic heterocycles. The summed E-state index contributed by atoms with van der Waals surface area (Å²) in [6.45, 7) is 9.79. The van der Waals surface area contributed by atoms with Gasteiger partial charge in [0.1, 0.15) is 0 Å². The van der Waals surface area contributed by atoms with E-state index in [2.05, 4.69) is 42.8 Å². The molecule has 1 unspecified atom stereocenters. The third-order valence-electron chi connectivity index (χ3n) is 3.53. The van der Waals surface area contributed by atoms with E-state index in [1.165, 1.54) is 29.8 Å². The van der Waals surface area contributed by atoms with Gasteiger partial charge in [-0.25, -0.2) is 0 Å². The number of nitrogens with one attached hydrogen (secondary N) is 1. The summed E-state index contributed by atoms with van der Waals surface area (Å²) in [6.07, 6.45) is 3.79. The maximum atomic E-state index is 4.66. The lowest BCUT2D eigenvalue weighted by atomic mass is 10.1. The SMILES string of the molecule is CCc1c(C)nn(C(C)CNC2CC2)c1C. The lowest BCUT2D eigenvalue weighted by molar-refractivity contribution is 0.442. The van der Waals surface area contributed by atoms with Crippen molar-refractivity contribution < 1.29 is 0 Å². The van der Waals surface area contributed by atoms with Crippen LogP contribution in [0, 0.1) is 13.8 Å². The minimum Gasteiger partial charge on any atom is -0.312 e. The number of hydrogen-bond acceptors (Lipinski definition) is 2.